The minimum Gasteiger partial charge on any atom is -0.493 e. The van der Waals surface area contributed by atoms with E-state index in [4.69, 9.17) is 14.2 Å². The van der Waals surface area contributed by atoms with Gasteiger partial charge in [0.1, 0.15) is 12.6 Å². The molecule has 3 N–H and O–H groups in total. The Bertz CT molecular complexity index is 1240. The highest BCUT2D eigenvalue weighted by Gasteiger charge is 2.20. The first-order valence-corrected chi connectivity index (χ1v) is 13.5. The zero-order chi connectivity index (χ0) is 29.8. The normalized spacial score (nSPS) is 17.6. The lowest BCUT2D eigenvalue weighted by Gasteiger charge is -2.23. The molecule has 4 rings (SSSR count). The monoisotopic (exact) mass is 572 g/mol. The molecule has 4 amide bonds. The van der Waals surface area contributed by atoms with E-state index in [0.29, 0.717) is 43.7 Å². The minimum atomic E-state index is -0.758. The molecule has 2 heterocycles. The molecule has 2 aliphatic heterocycles. The zero-order valence-electron chi connectivity index (χ0n) is 23.6. The molecule has 0 spiro atoms. The Labute approximate surface area is 238 Å². The molecule has 2 aromatic rings. The highest BCUT2D eigenvalue weighted by atomic mass is 19.1. The minimum absolute atomic E-state index is 0.0396. The van der Waals surface area contributed by atoms with Crippen LogP contribution in [0.1, 0.15) is 48.5 Å². The van der Waals surface area contributed by atoms with Crippen molar-refractivity contribution in [2.24, 2.45) is 0 Å². The molecule has 0 aromatic heterocycles. The number of fused-ring (bicyclic) bond motifs is 16. The molecule has 0 aliphatic carbocycles. The molecule has 0 radical (unpaired) electrons. The van der Waals surface area contributed by atoms with Crippen LogP contribution in [0.25, 0.3) is 0 Å². The highest BCUT2D eigenvalue weighted by Crippen LogP contribution is 2.34. The van der Waals surface area contributed by atoms with Gasteiger partial charge in [-0.05, 0) is 55.2 Å². The van der Waals surface area contributed by atoms with E-state index < -0.39 is 17.8 Å². The second-order valence-corrected chi connectivity index (χ2v) is 9.51. The SMILES string of the molecule is CC[C@@H]1NC(=O)CCCN(C(=O)COC)CCCNC(=O)c2ccc(OC)c(c2)Oc2ccc(cc2F)CNC1=O. The van der Waals surface area contributed by atoms with Gasteiger partial charge >= 0.3 is 0 Å². The highest BCUT2D eigenvalue weighted by molar-refractivity contribution is 5.95. The number of hydrogen-bond acceptors (Lipinski definition) is 7. The Morgan fingerprint density at radius 3 is 2.54 bits per heavy atom. The molecule has 11 nitrogen and oxygen atoms in total. The summed E-state index contributed by atoms with van der Waals surface area (Å²) in [6, 6.07) is 8.09. The fourth-order valence-corrected chi connectivity index (χ4v) is 4.27. The summed E-state index contributed by atoms with van der Waals surface area (Å²) in [5, 5.41) is 8.26. The van der Waals surface area contributed by atoms with Gasteiger partial charge in [-0.25, -0.2) is 4.39 Å². The van der Waals surface area contributed by atoms with Gasteiger partial charge in [0.05, 0.1) is 7.11 Å². The number of benzene rings is 2. The molecular weight excluding hydrogens is 535 g/mol. The number of nitrogens with zero attached hydrogens (tertiary/aromatic N) is 1. The van der Waals surface area contributed by atoms with Crippen molar-refractivity contribution < 1.29 is 37.8 Å². The third-order valence-corrected chi connectivity index (χ3v) is 6.51. The number of methoxy groups -OCH3 is 2. The van der Waals surface area contributed by atoms with Crippen molar-refractivity contribution >= 4 is 23.6 Å². The van der Waals surface area contributed by atoms with Crippen LogP contribution in [0.3, 0.4) is 0 Å². The molecule has 4 bridgehead atoms. The van der Waals surface area contributed by atoms with E-state index in [1.54, 1.807) is 30.0 Å². The van der Waals surface area contributed by atoms with Crippen molar-refractivity contribution in [3.8, 4) is 17.2 Å². The van der Waals surface area contributed by atoms with Gasteiger partial charge in [0.2, 0.25) is 17.7 Å². The van der Waals surface area contributed by atoms with Crippen LogP contribution in [0.4, 0.5) is 4.39 Å². The van der Waals surface area contributed by atoms with Crippen LogP contribution >= 0.6 is 0 Å². The van der Waals surface area contributed by atoms with Gasteiger partial charge in [0, 0.05) is 45.3 Å². The van der Waals surface area contributed by atoms with E-state index in [9.17, 15) is 23.6 Å². The van der Waals surface area contributed by atoms with Gasteiger partial charge in [-0.2, -0.15) is 0 Å². The van der Waals surface area contributed by atoms with Crippen molar-refractivity contribution in [3.63, 3.8) is 0 Å². The van der Waals surface area contributed by atoms with Gasteiger partial charge in [-0.1, -0.05) is 13.0 Å². The fraction of sp³-hybridized carbons (Fsp3) is 0.448. The number of halogens is 1. The molecule has 0 saturated carbocycles. The van der Waals surface area contributed by atoms with Crippen LogP contribution in [-0.4, -0.2) is 75.0 Å². The first kappa shape index (κ1) is 31.3. The maximum absolute atomic E-state index is 14.9. The largest absolute Gasteiger partial charge is 0.493 e. The van der Waals surface area contributed by atoms with Crippen LogP contribution < -0.4 is 25.4 Å². The number of ether oxygens (including phenoxy) is 3. The van der Waals surface area contributed by atoms with E-state index in [1.807, 2.05) is 0 Å². The van der Waals surface area contributed by atoms with Crippen molar-refractivity contribution in [2.75, 3.05) is 40.5 Å². The number of carbonyl (C=O) groups is 4. The number of hydrogen-bond donors (Lipinski definition) is 3. The smallest absolute Gasteiger partial charge is 0.251 e. The molecule has 222 valence electrons. The van der Waals surface area contributed by atoms with Crippen LogP contribution in [-0.2, 0) is 25.7 Å². The van der Waals surface area contributed by atoms with Gasteiger partial charge < -0.3 is 35.1 Å². The predicted molar refractivity (Wildman–Crippen MR) is 148 cm³/mol. The summed E-state index contributed by atoms with van der Waals surface area (Å²) in [6.45, 7) is 2.65. The molecule has 2 aliphatic rings. The van der Waals surface area contributed by atoms with Crippen LogP contribution in [0, 0.1) is 5.82 Å². The Kier molecular flexibility index (Phi) is 11.9. The Balaban J connectivity index is 1.84. The quantitative estimate of drug-likeness (QED) is 0.513. The topological polar surface area (TPSA) is 135 Å². The van der Waals surface area contributed by atoms with E-state index in [0.717, 1.165) is 0 Å². The van der Waals surface area contributed by atoms with E-state index >= 15 is 0 Å². The summed E-state index contributed by atoms with van der Waals surface area (Å²) < 4.78 is 31.0. The molecule has 41 heavy (non-hydrogen) atoms. The molecule has 1 atom stereocenters. The molecule has 0 fully saturated rings. The average molecular weight is 573 g/mol. The second-order valence-electron chi connectivity index (χ2n) is 9.51. The summed E-state index contributed by atoms with van der Waals surface area (Å²) in [5.41, 5.74) is 0.770. The maximum atomic E-state index is 14.9. The van der Waals surface area contributed by atoms with Gasteiger partial charge in [0.15, 0.2) is 23.1 Å². The van der Waals surface area contributed by atoms with Crippen molar-refractivity contribution in [3.05, 3.63) is 53.3 Å². The van der Waals surface area contributed by atoms with Crippen molar-refractivity contribution in [1.29, 1.82) is 0 Å². The third-order valence-electron chi connectivity index (χ3n) is 6.51. The van der Waals surface area contributed by atoms with Crippen molar-refractivity contribution in [1.82, 2.24) is 20.9 Å². The average Bonchev–Trinajstić information content (AvgIpc) is 2.96. The zero-order valence-corrected chi connectivity index (χ0v) is 23.6. The lowest BCUT2D eigenvalue weighted by molar-refractivity contribution is -0.135. The van der Waals surface area contributed by atoms with Crippen LogP contribution in [0.15, 0.2) is 36.4 Å². The lowest BCUT2D eigenvalue weighted by atomic mass is 10.1. The summed E-state index contributed by atoms with van der Waals surface area (Å²) in [4.78, 5) is 52.2. The Hall–Kier alpha value is -4.19. The van der Waals surface area contributed by atoms with Crippen LogP contribution in [0.5, 0.6) is 17.2 Å². The van der Waals surface area contributed by atoms with Crippen LogP contribution in [0.2, 0.25) is 0 Å². The molecule has 0 unspecified atom stereocenters. The predicted octanol–water partition coefficient (Wildman–Crippen LogP) is 2.53. The van der Waals surface area contributed by atoms with Gasteiger partial charge in [0.25, 0.3) is 5.91 Å². The number of amides is 4. The van der Waals surface area contributed by atoms with Gasteiger partial charge in [-0.3, -0.25) is 19.2 Å². The summed E-state index contributed by atoms with van der Waals surface area (Å²) in [7, 11) is 2.86. The number of nitrogens with one attached hydrogen (secondary N) is 3. The van der Waals surface area contributed by atoms with Crippen molar-refractivity contribution in [2.45, 2.75) is 45.2 Å². The second kappa shape index (κ2) is 15.6. The summed E-state index contributed by atoms with van der Waals surface area (Å²) >= 11 is 0. The first-order chi connectivity index (χ1) is 19.7. The van der Waals surface area contributed by atoms with Gasteiger partial charge in [-0.15, -0.1) is 0 Å². The summed E-state index contributed by atoms with van der Waals surface area (Å²) in [5.74, 6) is -1.61. The fourth-order valence-electron chi connectivity index (χ4n) is 4.27. The first-order valence-electron chi connectivity index (χ1n) is 13.5. The molecule has 0 saturated heterocycles. The number of rotatable bonds is 4. The standard InChI is InChI=1S/C29H37FN4O7/c1-4-22-29(38)32-17-19-8-10-23(21(30)15-19)41-25-16-20(9-11-24(25)40-3)28(37)31-12-6-14-34(27(36)18-39-2)13-5-7-26(35)33-22/h8-11,15-16,22H,4-7,12-14,17-18H2,1-3H3,(H,31,37)(H,32,38)(H,33,35)/t22-/m0/s1. The molecular formula is C29H37FN4O7. The summed E-state index contributed by atoms with van der Waals surface area (Å²) in [6.07, 6.45) is 1.32. The maximum Gasteiger partial charge on any atom is 0.251 e. The Morgan fingerprint density at radius 2 is 1.83 bits per heavy atom. The molecule has 12 heteroatoms. The third kappa shape index (κ3) is 9.17. The van der Waals surface area contributed by atoms with E-state index in [1.165, 1.54) is 32.4 Å². The van der Waals surface area contributed by atoms with E-state index in [2.05, 4.69) is 16.0 Å². The molecule has 2 aromatic carbocycles. The number of carbonyl (C=O) groups excluding carboxylic acids is 4. The lowest BCUT2D eigenvalue weighted by Crippen LogP contribution is -2.46. The van der Waals surface area contributed by atoms with E-state index in [-0.39, 0.29) is 60.9 Å². The Morgan fingerprint density at radius 1 is 1.05 bits per heavy atom.